The van der Waals surface area contributed by atoms with Crippen molar-refractivity contribution in [2.24, 2.45) is 0 Å². The standard InChI is InChI=1S/C17H18BrN3O/c18-14-6-4-13(5-7-14)11-17(22)20-15-8-10-21(12-15)16-3-1-2-9-19-16/h1-7,9,15H,8,10-12H2,(H,20,22). The Bertz CT molecular complexity index is 630. The molecule has 4 nitrogen and oxygen atoms in total. The molecule has 1 atom stereocenters. The number of hydrogen-bond acceptors (Lipinski definition) is 3. The molecule has 22 heavy (non-hydrogen) atoms. The molecule has 1 saturated heterocycles. The Morgan fingerprint density at radius 1 is 1.27 bits per heavy atom. The summed E-state index contributed by atoms with van der Waals surface area (Å²) in [6, 6.07) is 14.0. The number of nitrogens with one attached hydrogen (secondary N) is 1. The van der Waals surface area contributed by atoms with E-state index in [1.807, 2.05) is 42.5 Å². The minimum atomic E-state index is 0.0789. The van der Waals surface area contributed by atoms with Gasteiger partial charge in [0.25, 0.3) is 0 Å². The molecule has 0 aliphatic carbocycles. The van der Waals surface area contributed by atoms with Crippen LogP contribution in [-0.4, -0.2) is 30.0 Å². The number of halogens is 1. The van der Waals surface area contributed by atoms with Gasteiger partial charge < -0.3 is 10.2 Å². The molecule has 1 fully saturated rings. The maximum atomic E-state index is 12.1. The maximum Gasteiger partial charge on any atom is 0.224 e. The number of benzene rings is 1. The van der Waals surface area contributed by atoms with E-state index in [1.54, 1.807) is 6.20 Å². The fourth-order valence-corrected chi connectivity index (χ4v) is 2.96. The van der Waals surface area contributed by atoms with Gasteiger partial charge in [0.15, 0.2) is 0 Å². The lowest BCUT2D eigenvalue weighted by Crippen LogP contribution is -2.38. The van der Waals surface area contributed by atoms with Crippen molar-refractivity contribution in [2.75, 3.05) is 18.0 Å². The molecule has 3 rings (SSSR count). The Morgan fingerprint density at radius 2 is 2.09 bits per heavy atom. The lowest BCUT2D eigenvalue weighted by molar-refractivity contribution is -0.121. The third-order valence-electron chi connectivity index (χ3n) is 3.80. The smallest absolute Gasteiger partial charge is 0.224 e. The summed E-state index contributed by atoms with van der Waals surface area (Å²) in [5.41, 5.74) is 1.03. The Hall–Kier alpha value is -1.88. The number of carbonyl (C=O) groups excluding carboxylic acids is 1. The Balaban J connectivity index is 1.51. The van der Waals surface area contributed by atoms with Crippen molar-refractivity contribution in [3.8, 4) is 0 Å². The van der Waals surface area contributed by atoms with Gasteiger partial charge in [0.05, 0.1) is 6.42 Å². The van der Waals surface area contributed by atoms with Crippen LogP contribution < -0.4 is 10.2 Å². The van der Waals surface area contributed by atoms with Crippen molar-refractivity contribution >= 4 is 27.7 Å². The molecule has 1 aromatic carbocycles. The van der Waals surface area contributed by atoms with E-state index in [0.29, 0.717) is 6.42 Å². The van der Waals surface area contributed by atoms with Crippen LogP contribution in [0.1, 0.15) is 12.0 Å². The van der Waals surface area contributed by atoms with E-state index in [4.69, 9.17) is 0 Å². The number of aromatic nitrogens is 1. The molecule has 0 radical (unpaired) electrons. The second kappa shape index (κ2) is 6.92. The van der Waals surface area contributed by atoms with E-state index in [2.05, 4.69) is 31.1 Å². The first-order valence-corrected chi connectivity index (χ1v) is 8.20. The molecule has 0 spiro atoms. The lowest BCUT2D eigenvalue weighted by Gasteiger charge is -2.17. The SMILES string of the molecule is O=C(Cc1ccc(Br)cc1)NC1CCN(c2ccccn2)C1. The first kappa shape index (κ1) is 15.0. The summed E-state index contributed by atoms with van der Waals surface area (Å²) in [6.07, 6.45) is 3.19. The highest BCUT2D eigenvalue weighted by atomic mass is 79.9. The molecule has 1 N–H and O–H groups in total. The van der Waals surface area contributed by atoms with Crippen LogP contribution >= 0.6 is 15.9 Å². The molecule has 2 aromatic rings. The second-order valence-electron chi connectivity index (χ2n) is 5.49. The molecule has 0 saturated carbocycles. The van der Waals surface area contributed by atoms with Gasteiger partial charge in [-0.1, -0.05) is 34.1 Å². The Labute approximate surface area is 138 Å². The number of anilines is 1. The minimum Gasteiger partial charge on any atom is -0.354 e. The van der Waals surface area contributed by atoms with Gasteiger partial charge >= 0.3 is 0 Å². The Morgan fingerprint density at radius 3 is 2.82 bits per heavy atom. The summed E-state index contributed by atoms with van der Waals surface area (Å²) in [5.74, 6) is 1.06. The topological polar surface area (TPSA) is 45.2 Å². The van der Waals surface area contributed by atoms with Gasteiger partial charge in [-0.25, -0.2) is 4.98 Å². The minimum absolute atomic E-state index is 0.0789. The quantitative estimate of drug-likeness (QED) is 0.912. The maximum absolute atomic E-state index is 12.1. The van der Waals surface area contributed by atoms with Crippen LogP contribution in [0.2, 0.25) is 0 Å². The van der Waals surface area contributed by atoms with Gasteiger partial charge in [-0.05, 0) is 36.2 Å². The molecule has 1 aliphatic heterocycles. The highest BCUT2D eigenvalue weighted by Gasteiger charge is 2.24. The zero-order chi connectivity index (χ0) is 15.4. The van der Waals surface area contributed by atoms with E-state index in [9.17, 15) is 4.79 Å². The van der Waals surface area contributed by atoms with E-state index in [-0.39, 0.29) is 11.9 Å². The van der Waals surface area contributed by atoms with E-state index >= 15 is 0 Å². The molecule has 1 amide bonds. The number of pyridine rings is 1. The summed E-state index contributed by atoms with van der Waals surface area (Å²) in [4.78, 5) is 18.7. The molecule has 1 aliphatic rings. The van der Waals surface area contributed by atoms with Gasteiger partial charge in [0, 0.05) is 29.8 Å². The van der Waals surface area contributed by atoms with Crippen LogP contribution in [0.4, 0.5) is 5.82 Å². The first-order valence-electron chi connectivity index (χ1n) is 7.40. The molecular weight excluding hydrogens is 342 g/mol. The van der Waals surface area contributed by atoms with Crippen LogP contribution in [0.3, 0.4) is 0 Å². The van der Waals surface area contributed by atoms with Crippen LogP contribution in [0.25, 0.3) is 0 Å². The monoisotopic (exact) mass is 359 g/mol. The molecule has 114 valence electrons. The van der Waals surface area contributed by atoms with E-state index < -0.39 is 0 Å². The van der Waals surface area contributed by atoms with Crippen molar-refractivity contribution in [2.45, 2.75) is 18.9 Å². The fraction of sp³-hybridized carbons (Fsp3) is 0.294. The summed E-state index contributed by atoms with van der Waals surface area (Å²) in [5, 5.41) is 3.12. The highest BCUT2D eigenvalue weighted by Crippen LogP contribution is 2.17. The molecule has 5 heteroatoms. The van der Waals surface area contributed by atoms with Crippen molar-refractivity contribution in [1.29, 1.82) is 0 Å². The summed E-state index contributed by atoms with van der Waals surface area (Å²) >= 11 is 3.40. The predicted molar refractivity (Wildman–Crippen MR) is 90.8 cm³/mol. The van der Waals surface area contributed by atoms with E-state index in [0.717, 1.165) is 35.4 Å². The average Bonchev–Trinajstić information content (AvgIpc) is 2.99. The van der Waals surface area contributed by atoms with Gasteiger partial charge in [-0.2, -0.15) is 0 Å². The molecule has 1 unspecified atom stereocenters. The number of rotatable bonds is 4. The number of carbonyl (C=O) groups is 1. The molecular formula is C17H18BrN3O. The second-order valence-corrected chi connectivity index (χ2v) is 6.41. The van der Waals surface area contributed by atoms with Crippen LogP contribution in [0, 0.1) is 0 Å². The van der Waals surface area contributed by atoms with Crippen LogP contribution in [-0.2, 0) is 11.2 Å². The third kappa shape index (κ3) is 3.85. The van der Waals surface area contributed by atoms with Gasteiger partial charge in [0.2, 0.25) is 5.91 Å². The zero-order valence-corrected chi connectivity index (χ0v) is 13.8. The lowest BCUT2D eigenvalue weighted by atomic mass is 10.1. The van der Waals surface area contributed by atoms with Crippen LogP contribution in [0.5, 0.6) is 0 Å². The van der Waals surface area contributed by atoms with E-state index in [1.165, 1.54) is 0 Å². The first-order chi connectivity index (χ1) is 10.7. The van der Waals surface area contributed by atoms with Gasteiger partial charge in [-0.15, -0.1) is 0 Å². The van der Waals surface area contributed by atoms with Crippen molar-refractivity contribution < 1.29 is 4.79 Å². The largest absolute Gasteiger partial charge is 0.354 e. The summed E-state index contributed by atoms with van der Waals surface area (Å²) in [7, 11) is 0. The molecule has 2 heterocycles. The predicted octanol–water partition coefficient (Wildman–Crippen LogP) is 2.78. The zero-order valence-electron chi connectivity index (χ0n) is 12.2. The van der Waals surface area contributed by atoms with Crippen molar-refractivity contribution in [1.82, 2.24) is 10.3 Å². The summed E-state index contributed by atoms with van der Waals surface area (Å²) in [6.45, 7) is 1.75. The summed E-state index contributed by atoms with van der Waals surface area (Å²) < 4.78 is 1.03. The Kier molecular flexibility index (Phi) is 4.73. The highest BCUT2D eigenvalue weighted by molar-refractivity contribution is 9.10. The van der Waals surface area contributed by atoms with Gasteiger partial charge in [-0.3, -0.25) is 4.79 Å². The normalized spacial score (nSPS) is 17.5. The molecule has 0 bridgehead atoms. The fourth-order valence-electron chi connectivity index (χ4n) is 2.69. The molecule has 1 aromatic heterocycles. The number of hydrogen-bond donors (Lipinski definition) is 1. The van der Waals surface area contributed by atoms with Crippen LogP contribution in [0.15, 0.2) is 53.1 Å². The third-order valence-corrected chi connectivity index (χ3v) is 4.33. The number of amides is 1. The number of nitrogens with zero attached hydrogens (tertiary/aromatic N) is 2. The van der Waals surface area contributed by atoms with Crippen molar-refractivity contribution in [3.63, 3.8) is 0 Å². The average molecular weight is 360 g/mol. The van der Waals surface area contributed by atoms with Gasteiger partial charge in [0.1, 0.15) is 5.82 Å². The van der Waals surface area contributed by atoms with Crippen molar-refractivity contribution in [3.05, 3.63) is 58.7 Å².